The minimum absolute atomic E-state index is 0.236. The largest absolute Gasteiger partial charge is 0.265 e. The fourth-order valence-corrected chi connectivity index (χ4v) is 4.10. The number of benzene rings is 1. The number of fused-ring (bicyclic) bond motifs is 4. The summed E-state index contributed by atoms with van der Waals surface area (Å²) in [5.74, 6) is 0.491. The van der Waals surface area contributed by atoms with E-state index in [1.807, 2.05) is 12.3 Å². The Bertz CT molecular complexity index is 1120. The molecule has 2 aliphatic rings. The Hall–Kier alpha value is -3.02. The Morgan fingerprint density at radius 1 is 1.16 bits per heavy atom. The number of H-pyrrole nitrogens is 1. The summed E-state index contributed by atoms with van der Waals surface area (Å²) in [6, 6.07) is 9.13. The third-order valence-electron chi connectivity index (χ3n) is 5.41. The molecular formula is C19H14FN5. The van der Waals surface area contributed by atoms with Gasteiger partial charge in [0.05, 0.1) is 12.2 Å². The van der Waals surface area contributed by atoms with Gasteiger partial charge in [0.15, 0.2) is 5.65 Å². The van der Waals surface area contributed by atoms with Crippen LogP contribution >= 0.6 is 0 Å². The van der Waals surface area contributed by atoms with Crippen molar-refractivity contribution in [2.24, 2.45) is 5.92 Å². The smallest absolute Gasteiger partial charge is 0.155 e. The van der Waals surface area contributed by atoms with Gasteiger partial charge < -0.3 is 0 Å². The van der Waals surface area contributed by atoms with Gasteiger partial charge in [0, 0.05) is 28.4 Å². The molecule has 3 aromatic heterocycles. The standard InChI is InChI=1S/C19H14FN5/c20-12-3-1-10(2-4-12)18-17(16-8-11-7-15(11)25(16)24-18)13-5-6-21-19-14(13)9-22-23-19/h1-6,9,11,15H,7-8H2,(H,21,22,23)/t11-,15-/m1/s1. The van der Waals surface area contributed by atoms with Gasteiger partial charge in [0.2, 0.25) is 0 Å². The Balaban J connectivity index is 1.66. The molecule has 6 heteroatoms. The Morgan fingerprint density at radius 2 is 2.04 bits per heavy atom. The molecule has 1 N–H and O–H groups in total. The second-order valence-electron chi connectivity index (χ2n) is 6.88. The molecule has 0 saturated heterocycles. The van der Waals surface area contributed by atoms with Crippen LogP contribution in [0.5, 0.6) is 0 Å². The van der Waals surface area contributed by atoms with Crippen molar-refractivity contribution >= 4 is 11.0 Å². The summed E-state index contributed by atoms with van der Waals surface area (Å²) in [6.07, 6.45) is 5.88. The summed E-state index contributed by atoms with van der Waals surface area (Å²) in [4.78, 5) is 4.35. The fraction of sp³-hybridized carbons (Fsp3) is 0.211. The molecule has 1 saturated carbocycles. The molecule has 1 aliphatic carbocycles. The van der Waals surface area contributed by atoms with Crippen LogP contribution in [0.2, 0.25) is 0 Å². The molecule has 0 radical (unpaired) electrons. The number of hydrogen-bond donors (Lipinski definition) is 1. The summed E-state index contributed by atoms with van der Waals surface area (Å²) < 4.78 is 15.6. The molecule has 25 heavy (non-hydrogen) atoms. The van der Waals surface area contributed by atoms with Crippen molar-refractivity contribution in [1.29, 1.82) is 0 Å². The molecule has 122 valence electrons. The summed E-state index contributed by atoms with van der Waals surface area (Å²) in [7, 11) is 0. The van der Waals surface area contributed by atoms with Gasteiger partial charge in [-0.05, 0) is 54.7 Å². The van der Waals surface area contributed by atoms with Gasteiger partial charge in [-0.25, -0.2) is 9.37 Å². The van der Waals surface area contributed by atoms with Crippen LogP contribution < -0.4 is 0 Å². The van der Waals surface area contributed by atoms with Crippen LogP contribution in [-0.4, -0.2) is 25.0 Å². The molecule has 1 aliphatic heterocycles. The lowest BCUT2D eigenvalue weighted by atomic mass is 9.96. The second kappa shape index (κ2) is 4.53. The Morgan fingerprint density at radius 3 is 2.92 bits per heavy atom. The van der Waals surface area contributed by atoms with E-state index in [1.54, 1.807) is 18.3 Å². The monoisotopic (exact) mass is 331 g/mol. The third-order valence-corrected chi connectivity index (χ3v) is 5.41. The lowest BCUT2D eigenvalue weighted by Crippen LogP contribution is -1.96. The summed E-state index contributed by atoms with van der Waals surface area (Å²) in [6.45, 7) is 0. The number of nitrogens with zero attached hydrogens (tertiary/aromatic N) is 4. The van der Waals surface area contributed by atoms with Crippen molar-refractivity contribution in [3.05, 3.63) is 54.2 Å². The summed E-state index contributed by atoms with van der Waals surface area (Å²) in [5.41, 5.74) is 6.10. The summed E-state index contributed by atoms with van der Waals surface area (Å²) in [5, 5.41) is 13.0. The molecule has 4 heterocycles. The molecule has 0 spiro atoms. The first kappa shape index (κ1) is 13.3. The zero-order valence-electron chi connectivity index (χ0n) is 13.3. The lowest BCUT2D eigenvalue weighted by molar-refractivity contribution is 0.627. The van der Waals surface area contributed by atoms with E-state index in [2.05, 4.69) is 19.9 Å². The van der Waals surface area contributed by atoms with E-state index in [0.29, 0.717) is 6.04 Å². The first-order valence-electron chi connectivity index (χ1n) is 8.45. The number of halogens is 1. The van der Waals surface area contributed by atoms with Gasteiger partial charge in [-0.2, -0.15) is 10.2 Å². The van der Waals surface area contributed by atoms with E-state index < -0.39 is 0 Å². The van der Waals surface area contributed by atoms with Gasteiger partial charge in [-0.1, -0.05) is 0 Å². The Labute approximate surface area is 142 Å². The van der Waals surface area contributed by atoms with Crippen LogP contribution in [0.4, 0.5) is 4.39 Å². The molecule has 2 atom stereocenters. The number of nitrogens with one attached hydrogen (secondary N) is 1. The normalized spacial score (nSPS) is 20.7. The first-order chi connectivity index (χ1) is 12.3. The van der Waals surface area contributed by atoms with E-state index in [9.17, 15) is 4.39 Å². The average molecular weight is 331 g/mol. The number of pyridine rings is 1. The van der Waals surface area contributed by atoms with Gasteiger partial charge >= 0.3 is 0 Å². The van der Waals surface area contributed by atoms with Crippen molar-refractivity contribution < 1.29 is 4.39 Å². The van der Waals surface area contributed by atoms with Crippen molar-refractivity contribution in [2.45, 2.75) is 18.9 Å². The van der Waals surface area contributed by atoms with Gasteiger partial charge in [0.1, 0.15) is 11.5 Å². The minimum atomic E-state index is -0.236. The number of aromatic nitrogens is 5. The van der Waals surface area contributed by atoms with Crippen LogP contribution in [0.25, 0.3) is 33.4 Å². The maximum absolute atomic E-state index is 13.4. The molecule has 1 aromatic carbocycles. The van der Waals surface area contributed by atoms with Crippen LogP contribution in [0.3, 0.4) is 0 Å². The van der Waals surface area contributed by atoms with Crippen LogP contribution in [0, 0.1) is 11.7 Å². The van der Waals surface area contributed by atoms with E-state index in [1.165, 1.54) is 24.2 Å². The van der Waals surface area contributed by atoms with Crippen molar-refractivity contribution in [2.75, 3.05) is 0 Å². The second-order valence-corrected chi connectivity index (χ2v) is 6.88. The molecule has 0 bridgehead atoms. The average Bonchev–Trinajstić information content (AvgIpc) is 2.99. The highest BCUT2D eigenvalue weighted by molar-refractivity contribution is 5.97. The maximum atomic E-state index is 13.4. The van der Waals surface area contributed by atoms with Gasteiger partial charge in [0.25, 0.3) is 0 Å². The molecular weight excluding hydrogens is 317 g/mol. The van der Waals surface area contributed by atoms with E-state index in [0.717, 1.165) is 45.8 Å². The fourth-order valence-electron chi connectivity index (χ4n) is 4.10. The highest BCUT2D eigenvalue weighted by Gasteiger charge is 2.48. The summed E-state index contributed by atoms with van der Waals surface area (Å²) >= 11 is 0. The predicted molar refractivity (Wildman–Crippen MR) is 91.4 cm³/mol. The van der Waals surface area contributed by atoms with E-state index >= 15 is 0 Å². The zero-order chi connectivity index (χ0) is 16.5. The van der Waals surface area contributed by atoms with Crippen molar-refractivity contribution in [3.63, 3.8) is 0 Å². The number of aromatic amines is 1. The van der Waals surface area contributed by atoms with Crippen LogP contribution in [-0.2, 0) is 6.42 Å². The highest BCUT2D eigenvalue weighted by atomic mass is 19.1. The molecule has 1 fully saturated rings. The third kappa shape index (κ3) is 1.79. The van der Waals surface area contributed by atoms with E-state index in [4.69, 9.17) is 5.10 Å². The molecule has 6 rings (SSSR count). The Kier molecular flexibility index (Phi) is 2.41. The van der Waals surface area contributed by atoms with Crippen molar-refractivity contribution in [1.82, 2.24) is 25.0 Å². The molecule has 4 aromatic rings. The van der Waals surface area contributed by atoms with Crippen LogP contribution in [0.15, 0.2) is 42.7 Å². The molecule has 5 nitrogen and oxygen atoms in total. The predicted octanol–water partition coefficient (Wildman–Crippen LogP) is 3.74. The van der Waals surface area contributed by atoms with E-state index in [-0.39, 0.29) is 5.82 Å². The van der Waals surface area contributed by atoms with Gasteiger partial charge in [-0.15, -0.1) is 0 Å². The molecule has 0 amide bonds. The quantitative estimate of drug-likeness (QED) is 0.609. The zero-order valence-corrected chi connectivity index (χ0v) is 13.3. The lowest BCUT2D eigenvalue weighted by Gasteiger charge is -2.07. The number of rotatable bonds is 2. The number of hydrogen-bond acceptors (Lipinski definition) is 3. The van der Waals surface area contributed by atoms with Crippen LogP contribution in [0.1, 0.15) is 18.2 Å². The van der Waals surface area contributed by atoms with Gasteiger partial charge in [-0.3, -0.25) is 9.78 Å². The SMILES string of the molecule is Fc1ccc(-c2nn3c(c2-c2ccnc4[nH]ncc24)C[C@H]2C[C@H]23)cc1. The molecule has 0 unspecified atom stereocenters. The first-order valence-corrected chi connectivity index (χ1v) is 8.45. The van der Waals surface area contributed by atoms with Crippen molar-refractivity contribution in [3.8, 4) is 22.4 Å². The topological polar surface area (TPSA) is 59.4 Å². The minimum Gasteiger partial charge on any atom is -0.265 e. The maximum Gasteiger partial charge on any atom is 0.155 e. The highest BCUT2D eigenvalue weighted by Crippen LogP contribution is 2.55.